The first kappa shape index (κ1) is 13.4. The summed E-state index contributed by atoms with van der Waals surface area (Å²) < 4.78 is 29.4. The second kappa shape index (κ2) is 5.75. The quantitative estimate of drug-likeness (QED) is 0.850. The van der Waals surface area contributed by atoms with E-state index in [4.69, 9.17) is 10.5 Å². The summed E-state index contributed by atoms with van der Waals surface area (Å²) in [5.74, 6) is 0.509. The van der Waals surface area contributed by atoms with Gasteiger partial charge in [0.15, 0.2) is 9.84 Å². The number of rotatable bonds is 5. The fourth-order valence-electron chi connectivity index (χ4n) is 1.62. The molecule has 2 N–H and O–H groups in total. The van der Waals surface area contributed by atoms with E-state index in [0.717, 1.165) is 0 Å². The molecule has 0 spiro atoms. The molecule has 0 aliphatic rings. The normalized spacial score (nSPS) is 11.2. The predicted octanol–water partition coefficient (Wildman–Crippen LogP) is 2.12. The van der Waals surface area contributed by atoms with Gasteiger partial charge < -0.3 is 10.5 Å². The van der Waals surface area contributed by atoms with Crippen molar-refractivity contribution in [1.29, 1.82) is 0 Å². The zero-order chi connectivity index (χ0) is 13.7. The van der Waals surface area contributed by atoms with E-state index in [1.807, 2.05) is 0 Å². The Kier molecular flexibility index (Phi) is 4.06. The molecule has 0 aromatic heterocycles. The second-order valence-electron chi connectivity index (χ2n) is 4.05. The average molecular weight is 277 g/mol. The molecule has 2 aromatic rings. The van der Waals surface area contributed by atoms with Crippen LogP contribution in [0.25, 0.3) is 0 Å². The number of anilines is 1. The average Bonchev–Trinajstić information content (AvgIpc) is 2.40. The Labute approximate surface area is 112 Å². The summed E-state index contributed by atoms with van der Waals surface area (Å²) >= 11 is 0. The molecule has 0 bridgehead atoms. The van der Waals surface area contributed by atoms with E-state index in [2.05, 4.69) is 0 Å². The summed E-state index contributed by atoms with van der Waals surface area (Å²) in [6, 6.07) is 15.2. The van der Waals surface area contributed by atoms with Crippen molar-refractivity contribution in [2.24, 2.45) is 0 Å². The molecular formula is C14H15NO3S. The van der Waals surface area contributed by atoms with Crippen LogP contribution in [-0.4, -0.2) is 20.8 Å². The van der Waals surface area contributed by atoms with E-state index in [1.54, 1.807) is 54.6 Å². The van der Waals surface area contributed by atoms with Crippen LogP contribution in [-0.2, 0) is 9.84 Å². The minimum absolute atomic E-state index is 0.0637. The Morgan fingerprint density at radius 2 is 1.74 bits per heavy atom. The van der Waals surface area contributed by atoms with Crippen molar-refractivity contribution in [2.45, 2.75) is 4.90 Å². The van der Waals surface area contributed by atoms with Gasteiger partial charge in [-0.15, -0.1) is 0 Å². The highest BCUT2D eigenvalue weighted by molar-refractivity contribution is 7.91. The topological polar surface area (TPSA) is 69.4 Å². The molecule has 0 aliphatic carbocycles. The van der Waals surface area contributed by atoms with Crippen molar-refractivity contribution >= 4 is 15.5 Å². The molecular weight excluding hydrogens is 262 g/mol. The third-order valence-corrected chi connectivity index (χ3v) is 4.28. The van der Waals surface area contributed by atoms with Crippen LogP contribution in [0.4, 0.5) is 5.69 Å². The minimum atomic E-state index is -3.30. The van der Waals surface area contributed by atoms with Gasteiger partial charge in [0, 0.05) is 11.8 Å². The largest absolute Gasteiger partial charge is 0.492 e. The van der Waals surface area contributed by atoms with Crippen molar-refractivity contribution < 1.29 is 13.2 Å². The Hall–Kier alpha value is -2.01. The fourth-order valence-corrected chi connectivity index (χ4v) is 2.73. The Morgan fingerprint density at radius 1 is 1.00 bits per heavy atom. The summed E-state index contributed by atoms with van der Waals surface area (Å²) in [4.78, 5) is 0.311. The molecule has 0 heterocycles. The van der Waals surface area contributed by atoms with Crippen molar-refractivity contribution in [3.8, 4) is 5.75 Å². The van der Waals surface area contributed by atoms with Crippen LogP contribution in [0.5, 0.6) is 5.75 Å². The van der Waals surface area contributed by atoms with Crippen LogP contribution < -0.4 is 10.5 Å². The number of nitrogens with two attached hydrogens (primary N) is 1. The van der Waals surface area contributed by atoms with Crippen molar-refractivity contribution in [3.05, 3.63) is 54.6 Å². The van der Waals surface area contributed by atoms with E-state index in [-0.39, 0.29) is 12.4 Å². The summed E-state index contributed by atoms with van der Waals surface area (Å²) in [6.07, 6.45) is 0. The molecule has 0 saturated carbocycles. The predicted molar refractivity (Wildman–Crippen MR) is 74.8 cm³/mol. The van der Waals surface area contributed by atoms with Crippen LogP contribution in [0, 0.1) is 0 Å². The Morgan fingerprint density at radius 3 is 2.42 bits per heavy atom. The number of sulfone groups is 1. The zero-order valence-corrected chi connectivity index (χ0v) is 11.1. The Bertz CT molecular complexity index is 639. The molecule has 19 heavy (non-hydrogen) atoms. The lowest BCUT2D eigenvalue weighted by Gasteiger charge is -2.07. The molecule has 2 rings (SSSR count). The molecule has 100 valence electrons. The maximum atomic E-state index is 12.0. The van der Waals surface area contributed by atoms with Gasteiger partial charge in [-0.25, -0.2) is 8.42 Å². The first-order valence-corrected chi connectivity index (χ1v) is 7.49. The highest BCUT2D eigenvalue weighted by Crippen LogP contribution is 2.15. The lowest BCUT2D eigenvalue weighted by atomic mass is 10.3. The molecule has 0 fully saturated rings. The van der Waals surface area contributed by atoms with Gasteiger partial charge in [-0.05, 0) is 24.3 Å². The van der Waals surface area contributed by atoms with Crippen LogP contribution in [0.2, 0.25) is 0 Å². The van der Waals surface area contributed by atoms with Gasteiger partial charge in [0.25, 0.3) is 0 Å². The molecule has 0 unspecified atom stereocenters. The standard InChI is InChI=1S/C14H15NO3S/c15-12-5-4-6-13(11-12)18-9-10-19(16,17)14-7-2-1-3-8-14/h1-8,11H,9-10,15H2. The Balaban J connectivity index is 1.96. The molecule has 2 aromatic carbocycles. The zero-order valence-electron chi connectivity index (χ0n) is 10.3. The molecule has 4 nitrogen and oxygen atoms in total. The summed E-state index contributed by atoms with van der Waals surface area (Å²) in [6.45, 7) is 0.0979. The van der Waals surface area contributed by atoms with Gasteiger partial charge in [-0.1, -0.05) is 24.3 Å². The number of benzene rings is 2. The second-order valence-corrected chi connectivity index (χ2v) is 6.16. The number of nitrogen functional groups attached to an aromatic ring is 1. The first-order chi connectivity index (χ1) is 9.08. The lowest BCUT2D eigenvalue weighted by molar-refractivity contribution is 0.341. The molecule has 0 radical (unpaired) electrons. The van der Waals surface area contributed by atoms with E-state index in [0.29, 0.717) is 16.3 Å². The van der Waals surface area contributed by atoms with E-state index < -0.39 is 9.84 Å². The third kappa shape index (κ3) is 3.72. The lowest BCUT2D eigenvalue weighted by Crippen LogP contribution is -2.14. The number of ether oxygens (including phenoxy) is 1. The first-order valence-electron chi connectivity index (χ1n) is 5.84. The summed E-state index contributed by atoms with van der Waals surface area (Å²) in [5.41, 5.74) is 6.20. The molecule has 0 aliphatic heterocycles. The van der Waals surface area contributed by atoms with E-state index in [1.165, 1.54) is 0 Å². The van der Waals surface area contributed by atoms with Gasteiger partial charge in [-0.2, -0.15) is 0 Å². The third-order valence-electron chi connectivity index (χ3n) is 2.58. The van der Waals surface area contributed by atoms with Gasteiger partial charge in [0.1, 0.15) is 12.4 Å². The van der Waals surface area contributed by atoms with Crippen molar-refractivity contribution in [3.63, 3.8) is 0 Å². The number of hydrogen-bond donors (Lipinski definition) is 1. The maximum Gasteiger partial charge on any atom is 0.181 e. The van der Waals surface area contributed by atoms with E-state index >= 15 is 0 Å². The minimum Gasteiger partial charge on any atom is -0.492 e. The molecule has 0 atom stereocenters. The maximum absolute atomic E-state index is 12.0. The SMILES string of the molecule is Nc1cccc(OCCS(=O)(=O)c2ccccc2)c1. The van der Waals surface area contributed by atoms with Gasteiger partial charge in [-0.3, -0.25) is 0 Å². The molecule has 0 saturated heterocycles. The van der Waals surface area contributed by atoms with Gasteiger partial charge in [0.05, 0.1) is 10.6 Å². The van der Waals surface area contributed by atoms with Crippen LogP contribution >= 0.6 is 0 Å². The highest BCUT2D eigenvalue weighted by atomic mass is 32.2. The summed E-state index contributed by atoms with van der Waals surface area (Å²) in [7, 11) is -3.30. The molecule has 0 amide bonds. The van der Waals surface area contributed by atoms with Crippen LogP contribution in [0.15, 0.2) is 59.5 Å². The fraction of sp³-hybridized carbons (Fsp3) is 0.143. The van der Waals surface area contributed by atoms with Crippen LogP contribution in [0.1, 0.15) is 0 Å². The van der Waals surface area contributed by atoms with Gasteiger partial charge in [0.2, 0.25) is 0 Å². The molecule has 5 heteroatoms. The van der Waals surface area contributed by atoms with E-state index in [9.17, 15) is 8.42 Å². The highest BCUT2D eigenvalue weighted by Gasteiger charge is 2.13. The smallest absolute Gasteiger partial charge is 0.181 e. The van der Waals surface area contributed by atoms with Crippen molar-refractivity contribution in [2.75, 3.05) is 18.1 Å². The van der Waals surface area contributed by atoms with Crippen LogP contribution in [0.3, 0.4) is 0 Å². The monoisotopic (exact) mass is 277 g/mol. The number of hydrogen-bond acceptors (Lipinski definition) is 4. The summed E-state index contributed by atoms with van der Waals surface area (Å²) in [5, 5.41) is 0. The van der Waals surface area contributed by atoms with Gasteiger partial charge >= 0.3 is 0 Å². The van der Waals surface area contributed by atoms with Crippen molar-refractivity contribution in [1.82, 2.24) is 0 Å².